The van der Waals surface area contributed by atoms with E-state index in [4.69, 9.17) is 30.6 Å². The van der Waals surface area contributed by atoms with Crippen molar-refractivity contribution < 1.29 is 13.9 Å². The van der Waals surface area contributed by atoms with Crippen molar-refractivity contribution in [2.45, 2.75) is 25.6 Å². The monoisotopic (exact) mass is 394 g/mol. The molecular weight excluding hydrogens is 376 g/mol. The third-order valence-corrected chi connectivity index (χ3v) is 5.27. The summed E-state index contributed by atoms with van der Waals surface area (Å²) in [4.78, 5) is 0. The largest absolute Gasteiger partial charge is 0.494 e. The molecule has 2 aromatic carbocycles. The molecule has 0 aliphatic carbocycles. The maximum absolute atomic E-state index is 6.26. The Balaban J connectivity index is 1.53. The first-order chi connectivity index (χ1) is 13.7. The molecule has 0 N–H and O–H groups in total. The lowest BCUT2D eigenvalue weighted by Gasteiger charge is -2.36. The van der Waals surface area contributed by atoms with Crippen LogP contribution in [-0.4, -0.2) is 17.3 Å². The van der Waals surface area contributed by atoms with Crippen molar-refractivity contribution in [2.75, 3.05) is 6.61 Å². The summed E-state index contributed by atoms with van der Waals surface area (Å²) < 4.78 is 17.4. The van der Waals surface area contributed by atoms with Crippen molar-refractivity contribution in [3.05, 3.63) is 82.8 Å². The molecule has 0 saturated heterocycles. The number of fused-ring (bicyclic) bond motifs is 3. The van der Waals surface area contributed by atoms with Crippen LogP contribution in [0.15, 0.2) is 70.4 Å². The average molecular weight is 395 g/mol. The van der Waals surface area contributed by atoms with Crippen molar-refractivity contribution in [1.82, 2.24) is 5.01 Å². The SMILES string of the molecule is CCOc1ccc(C2=NN3[C@@H](C2)c2cc(Cl)ccc2O[C@H]3c2ccco2)cc1. The molecule has 2 aliphatic rings. The topological polar surface area (TPSA) is 47.2 Å². The highest BCUT2D eigenvalue weighted by Crippen LogP contribution is 2.48. The van der Waals surface area contributed by atoms with E-state index in [1.165, 1.54) is 0 Å². The Bertz CT molecular complexity index is 1010. The Hall–Kier alpha value is -2.92. The number of halogens is 1. The van der Waals surface area contributed by atoms with E-state index in [1.807, 2.05) is 66.5 Å². The smallest absolute Gasteiger partial charge is 0.246 e. The van der Waals surface area contributed by atoms with E-state index in [-0.39, 0.29) is 6.04 Å². The van der Waals surface area contributed by atoms with Crippen LogP contribution in [0.3, 0.4) is 0 Å². The van der Waals surface area contributed by atoms with Gasteiger partial charge >= 0.3 is 0 Å². The first kappa shape index (κ1) is 17.2. The van der Waals surface area contributed by atoms with E-state index in [1.54, 1.807) is 6.26 Å². The van der Waals surface area contributed by atoms with Crippen LogP contribution in [0.2, 0.25) is 5.02 Å². The van der Waals surface area contributed by atoms with Gasteiger partial charge in [-0.25, -0.2) is 5.01 Å². The van der Waals surface area contributed by atoms with E-state index in [2.05, 4.69) is 0 Å². The third kappa shape index (κ3) is 2.92. The number of ether oxygens (including phenoxy) is 2. The summed E-state index contributed by atoms with van der Waals surface area (Å²) in [5, 5.41) is 7.57. The third-order valence-electron chi connectivity index (χ3n) is 5.04. The quantitative estimate of drug-likeness (QED) is 0.580. The number of hydrogen-bond donors (Lipinski definition) is 0. The van der Waals surface area contributed by atoms with Gasteiger partial charge in [0.25, 0.3) is 0 Å². The highest BCUT2D eigenvalue weighted by Gasteiger charge is 2.42. The van der Waals surface area contributed by atoms with Gasteiger partial charge in [0.15, 0.2) is 5.76 Å². The molecule has 2 atom stereocenters. The molecule has 28 heavy (non-hydrogen) atoms. The molecule has 2 aliphatic heterocycles. The molecule has 0 radical (unpaired) electrons. The molecule has 5 rings (SSSR count). The highest BCUT2D eigenvalue weighted by atomic mass is 35.5. The van der Waals surface area contributed by atoms with E-state index in [9.17, 15) is 0 Å². The predicted octanol–water partition coefficient (Wildman–Crippen LogP) is 5.57. The average Bonchev–Trinajstić information content (AvgIpc) is 3.39. The van der Waals surface area contributed by atoms with Crippen LogP contribution in [0.4, 0.5) is 0 Å². The number of hydrazone groups is 1. The number of hydrogen-bond acceptors (Lipinski definition) is 5. The molecule has 0 unspecified atom stereocenters. The second-order valence-corrected chi connectivity index (χ2v) is 7.21. The zero-order valence-electron chi connectivity index (χ0n) is 15.3. The molecule has 0 saturated carbocycles. The van der Waals surface area contributed by atoms with E-state index in [0.717, 1.165) is 40.5 Å². The molecule has 0 spiro atoms. The minimum absolute atomic E-state index is 0.0409. The van der Waals surface area contributed by atoms with Gasteiger partial charge < -0.3 is 13.9 Å². The standard InChI is InChI=1S/C22H19ClN2O3/c1-2-26-16-8-5-14(6-9-16)18-13-19-17-12-15(23)7-10-20(17)28-22(25(19)24-18)21-4-3-11-27-21/h3-12,19,22H,2,13H2,1H3/t19-,22-/m0/s1. The van der Waals surface area contributed by atoms with Gasteiger partial charge in [-0.05, 0) is 67.1 Å². The Labute approximate surface area is 168 Å². The first-order valence-electron chi connectivity index (χ1n) is 9.31. The van der Waals surface area contributed by atoms with Gasteiger partial charge in [-0.15, -0.1) is 0 Å². The van der Waals surface area contributed by atoms with Gasteiger partial charge in [0.05, 0.1) is 24.6 Å². The lowest BCUT2D eigenvalue weighted by Crippen LogP contribution is -2.33. The maximum Gasteiger partial charge on any atom is 0.246 e. The van der Waals surface area contributed by atoms with Crippen molar-refractivity contribution in [2.24, 2.45) is 5.10 Å². The van der Waals surface area contributed by atoms with Crippen molar-refractivity contribution >= 4 is 17.3 Å². The second kappa shape index (κ2) is 6.91. The minimum Gasteiger partial charge on any atom is -0.494 e. The van der Waals surface area contributed by atoms with Crippen LogP contribution in [-0.2, 0) is 0 Å². The van der Waals surface area contributed by atoms with Crippen LogP contribution < -0.4 is 9.47 Å². The molecule has 3 heterocycles. The molecule has 1 aromatic heterocycles. The molecule has 0 bridgehead atoms. The van der Waals surface area contributed by atoms with Crippen LogP contribution >= 0.6 is 11.6 Å². The molecule has 0 fully saturated rings. The summed E-state index contributed by atoms with van der Waals surface area (Å²) in [6.07, 6.45) is 2.01. The number of furan rings is 1. The Morgan fingerprint density at radius 2 is 2.04 bits per heavy atom. The van der Waals surface area contributed by atoms with Crippen molar-refractivity contribution in [3.63, 3.8) is 0 Å². The molecular formula is C22H19ClN2O3. The molecule has 142 valence electrons. The maximum atomic E-state index is 6.26. The number of rotatable bonds is 4. The molecule has 5 nitrogen and oxygen atoms in total. The van der Waals surface area contributed by atoms with Crippen LogP contribution in [0.25, 0.3) is 0 Å². The highest BCUT2D eigenvalue weighted by molar-refractivity contribution is 6.30. The number of nitrogens with zero attached hydrogens (tertiary/aromatic N) is 2. The molecule has 3 aromatic rings. The fourth-order valence-electron chi connectivity index (χ4n) is 3.76. The summed E-state index contributed by atoms with van der Waals surface area (Å²) in [5.74, 6) is 2.40. The Kier molecular flexibility index (Phi) is 4.24. The van der Waals surface area contributed by atoms with E-state index >= 15 is 0 Å². The van der Waals surface area contributed by atoms with Gasteiger partial charge in [-0.1, -0.05) is 11.6 Å². The van der Waals surface area contributed by atoms with Crippen LogP contribution in [0.1, 0.15) is 42.5 Å². The van der Waals surface area contributed by atoms with Gasteiger partial charge in [0.1, 0.15) is 11.5 Å². The predicted molar refractivity (Wildman–Crippen MR) is 107 cm³/mol. The van der Waals surface area contributed by atoms with Crippen LogP contribution in [0.5, 0.6) is 11.5 Å². The first-order valence-corrected chi connectivity index (χ1v) is 9.69. The lowest BCUT2D eigenvalue weighted by atomic mass is 9.96. The summed E-state index contributed by atoms with van der Waals surface area (Å²) in [6.45, 7) is 2.63. The lowest BCUT2D eigenvalue weighted by molar-refractivity contribution is -0.0325. The summed E-state index contributed by atoms with van der Waals surface area (Å²) in [6, 6.07) is 17.6. The van der Waals surface area contributed by atoms with Crippen LogP contribution in [0, 0.1) is 0 Å². The van der Waals surface area contributed by atoms with Gasteiger partial charge in [0.2, 0.25) is 6.23 Å². The normalized spacial score (nSPS) is 20.2. The van der Waals surface area contributed by atoms with E-state index < -0.39 is 6.23 Å². The van der Waals surface area contributed by atoms with Gasteiger partial charge in [-0.2, -0.15) is 5.10 Å². The summed E-state index contributed by atoms with van der Waals surface area (Å²) in [5.41, 5.74) is 3.11. The second-order valence-electron chi connectivity index (χ2n) is 6.77. The summed E-state index contributed by atoms with van der Waals surface area (Å²) in [7, 11) is 0. The Morgan fingerprint density at radius 3 is 2.79 bits per heavy atom. The Morgan fingerprint density at radius 1 is 1.18 bits per heavy atom. The fourth-order valence-corrected chi connectivity index (χ4v) is 3.94. The molecule has 6 heteroatoms. The zero-order valence-corrected chi connectivity index (χ0v) is 16.1. The number of benzene rings is 2. The van der Waals surface area contributed by atoms with Crippen molar-refractivity contribution in [1.29, 1.82) is 0 Å². The van der Waals surface area contributed by atoms with Crippen molar-refractivity contribution in [3.8, 4) is 11.5 Å². The summed E-state index contributed by atoms with van der Waals surface area (Å²) >= 11 is 6.26. The minimum atomic E-state index is -0.408. The van der Waals surface area contributed by atoms with E-state index in [0.29, 0.717) is 11.6 Å². The molecule has 0 amide bonds. The van der Waals surface area contributed by atoms with Gasteiger partial charge in [-0.3, -0.25) is 0 Å². The fraction of sp³-hybridized carbons (Fsp3) is 0.227. The van der Waals surface area contributed by atoms with Gasteiger partial charge in [0, 0.05) is 17.0 Å². The zero-order chi connectivity index (χ0) is 19.1.